The van der Waals surface area contributed by atoms with E-state index in [4.69, 9.17) is 38.9 Å². The Hall–Kier alpha value is -7.03. The Bertz CT molecular complexity index is 2290. The van der Waals surface area contributed by atoms with Crippen LogP contribution in [0, 0.1) is 0 Å². The number of benzene rings is 4. The maximum absolute atomic E-state index is 5.52. The van der Waals surface area contributed by atoms with E-state index in [1.54, 1.807) is 28.4 Å². The van der Waals surface area contributed by atoms with Crippen molar-refractivity contribution in [3.8, 4) is 23.0 Å². The number of fused-ring (bicyclic) bond motifs is 4. The number of methoxy groups -OCH3 is 4. The molecular weight excluding hydrogens is 732 g/mol. The van der Waals surface area contributed by atoms with E-state index in [-0.39, 0.29) is 12.4 Å². The van der Waals surface area contributed by atoms with Crippen LogP contribution in [0.5, 0.6) is 23.0 Å². The van der Waals surface area contributed by atoms with Crippen molar-refractivity contribution in [2.45, 2.75) is 0 Å². The molecule has 0 radical (unpaired) electrons. The molecule has 0 saturated heterocycles. The monoisotopic (exact) mass is 768 g/mol. The molecule has 0 spiro atoms. The van der Waals surface area contributed by atoms with Gasteiger partial charge in [0.1, 0.15) is 23.0 Å². The summed E-state index contributed by atoms with van der Waals surface area (Å²) in [4.78, 5) is 21.4. The predicted octanol–water partition coefficient (Wildman–Crippen LogP) is 10.1. The highest BCUT2D eigenvalue weighted by molar-refractivity contribution is 6.39. The van der Waals surface area contributed by atoms with E-state index < -0.39 is 0 Å². The van der Waals surface area contributed by atoms with Crippen molar-refractivity contribution in [3.05, 3.63) is 191 Å². The Morgan fingerprint density at radius 3 is 0.649 bits per heavy atom. The van der Waals surface area contributed by atoms with E-state index in [1.165, 1.54) is 0 Å². The molecule has 0 N–H and O–H groups in total. The van der Waals surface area contributed by atoms with Crippen LogP contribution in [0.25, 0.3) is 22.3 Å². The number of halogens is 1. The maximum Gasteiger partial charge on any atom is 0.118 e. The Labute approximate surface area is 337 Å². The third-order valence-electron chi connectivity index (χ3n) is 10.1. The van der Waals surface area contributed by atoms with Crippen molar-refractivity contribution in [2.75, 3.05) is 28.4 Å². The average Bonchev–Trinajstić information content (AvgIpc) is 4.10. The van der Waals surface area contributed by atoms with Crippen LogP contribution in [0.1, 0.15) is 22.3 Å². The molecule has 8 nitrogen and oxygen atoms in total. The quantitative estimate of drug-likeness (QED) is 0.179. The molecule has 280 valence electrons. The van der Waals surface area contributed by atoms with E-state index in [9.17, 15) is 0 Å². The molecule has 5 aliphatic heterocycles. The lowest BCUT2D eigenvalue weighted by molar-refractivity contribution is 0.414. The second-order valence-corrected chi connectivity index (χ2v) is 13.3. The van der Waals surface area contributed by atoms with Gasteiger partial charge in [-0.05, 0) is 119 Å². The molecule has 9 rings (SSSR count). The van der Waals surface area contributed by atoms with Crippen molar-refractivity contribution in [3.63, 3.8) is 0 Å². The van der Waals surface area contributed by atoms with Crippen LogP contribution in [0.15, 0.2) is 188 Å². The molecule has 5 heterocycles. The van der Waals surface area contributed by atoms with Gasteiger partial charge in [0, 0.05) is 22.3 Å². The summed E-state index contributed by atoms with van der Waals surface area (Å²) in [6.45, 7) is 0. The first-order valence-corrected chi connectivity index (χ1v) is 18.2. The van der Waals surface area contributed by atoms with Crippen LogP contribution in [0.2, 0.25) is 0 Å². The van der Waals surface area contributed by atoms with Gasteiger partial charge in [-0.25, -0.2) is 20.0 Å². The molecule has 0 aliphatic carbocycles. The maximum atomic E-state index is 5.52. The lowest BCUT2D eigenvalue weighted by Crippen LogP contribution is -2.04. The van der Waals surface area contributed by atoms with Crippen LogP contribution in [0.3, 0.4) is 0 Å². The van der Waals surface area contributed by atoms with Gasteiger partial charge in [-0.3, -0.25) is 0 Å². The Morgan fingerprint density at radius 2 is 0.474 bits per heavy atom. The van der Waals surface area contributed by atoms with Crippen LogP contribution in [-0.4, -0.2) is 51.3 Å². The van der Waals surface area contributed by atoms with E-state index in [2.05, 4.69) is 48.6 Å². The normalized spacial score (nSPS) is 16.5. The number of hydrogen-bond acceptors (Lipinski definition) is 8. The van der Waals surface area contributed by atoms with Crippen LogP contribution < -0.4 is 18.9 Å². The zero-order chi connectivity index (χ0) is 38.2. The molecule has 9 heteroatoms. The fourth-order valence-corrected chi connectivity index (χ4v) is 7.30. The highest BCUT2D eigenvalue weighted by Crippen LogP contribution is 2.39. The molecule has 8 bridgehead atoms. The van der Waals surface area contributed by atoms with E-state index in [0.29, 0.717) is 0 Å². The number of nitrogens with zero attached hydrogens (tertiary/aromatic N) is 4. The second-order valence-electron chi connectivity index (χ2n) is 13.3. The van der Waals surface area contributed by atoms with Crippen molar-refractivity contribution in [1.82, 2.24) is 0 Å². The summed E-state index contributed by atoms with van der Waals surface area (Å²) in [5.74, 6) is 3.06. The van der Waals surface area contributed by atoms with E-state index >= 15 is 0 Å². The molecule has 0 aromatic heterocycles. The molecule has 0 unspecified atom stereocenters. The van der Waals surface area contributed by atoms with Gasteiger partial charge in [0.25, 0.3) is 0 Å². The van der Waals surface area contributed by atoms with Gasteiger partial charge in [0.2, 0.25) is 0 Å². The summed E-state index contributed by atoms with van der Waals surface area (Å²) in [7, 11) is 6.67. The van der Waals surface area contributed by atoms with Crippen LogP contribution >= 0.6 is 12.4 Å². The lowest BCUT2D eigenvalue weighted by Gasteiger charge is -2.13. The molecule has 0 atom stereocenters. The molecule has 4 aromatic carbocycles. The summed E-state index contributed by atoms with van der Waals surface area (Å²) < 4.78 is 22.1. The summed E-state index contributed by atoms with van der Waals surface area (Å²) in [6, 6.07) is 32.0. The second kappa shape index (κ2) is 15.6. The minimum absolute atomic E-state index is 0. The molecule has 4 aromatic rings. The molecule has 5 aliphatic rings. The standard InChI is InChI=1S/C48H36N4O4.ClH/c1-53-33-13-5-29(6-14-33)45-37-21-23-39(49-37)46(30-7-15-34(54-2)16-8-30)41-25-27-43(51-41)48(32-11-19-36(56-4)20-12-32)44-28-26-42(52-44)47(40-24-22-38(45)50-40)31-9-17-35(55-3)18-10-31;/h5-28H,1-4H3;1H. The summed E-state index contributed by atoms with van der Waals surface area (Å²) >= 11 is 0. The Kier molecular flexibility index (Phi) is 10.1. The van der Waals surface area contributed by atoms with Crippen molar-refractivity contribution in [2.24, 2.45) is 20.0 Å². The minimum Gasteiger partial charge on any atom is -0.497 e. The van der Waals surface area contributed by atoms with E-state index in [1.807, 2.05) is 97.1 Å². The number of aliphatic imine (C=N–C) groups is 4. The summed E-state index contributed by atoms with van der Waals surface area (Å²) in [5, 5.41) is 0. The predicted molar refractivity (Wildman–Crippen MR) is 233 cm³/mol. The smallest absolute Gasteiger partial charge is 0.118 e. The first kappa shape index (κ1) is 36.9. The largest absolute Gasteiger partial charge is 0.497 e. The van der Waals surface area contributed by atoms with Gasteiger partial charge in [-0.1, -0.05) is 48.5 Å². The van der Waals surface area contributed by atoms with E-state index in [0.717, 1.165) is 113 Å². The fraction of sp³-hybridized carbons (Fsp3) is 0.0833. The first-order valence-electron chi connectivity index (χ1n) is 18.2. The Balaban J connectivity index is 0.00000455. The lowest BCUT2D eigenvalue weighted by atomic mass is 9.98. The van der Waals surface area contributed by atoms with Gasteiger partial charge < -0.3 is 18.9 Å². The summed E-state index contributed by atoms with van der Waals surface area (Å²) in [5.41, 5.74) is 13.7. The van der Waals surface area contributed by atoms with Crippen molar-refractivity contribution >= 4 is 57.5 Å². The zero-order valence-electron chi connectivity index (χ0n) is 31.7. The molecular formula is C48H37ClN4O4. The van der Waals surface area contributed by atoms with Crippen molar-refractivity contribution < 1.29 is 18.9 Å². The third kappa shape index (κ3) is 6.92. The Morgan fingerprint density at radius 1 is 0.281 bits per heavy atom. The van der Waals surface area contributed by atoms with Gasteiger partial charge in [0.15, 0.2) is 0 Å². The number of hydrogen-bond donors (Lipinski definition) is 0. The van der Waals surface area contributed by atoms with Crippen LogP contribution in [-0.2, 0) is 0 Å². The molecule has 0 amide bonds. The average molecular weight is 769 g/mol. The van der Waals surface area contributed by atoms with Gasteiger partial charge in [-0.15, -0.1) is 12.4 Å². The fourth-order valence-electron chi connectivity index (χ4n) is 7.30. The van der Waals surface area contributed by atoms with Crippen molar-refractivity contribution in [1.29, 1.82) is 0 Å². The first-order chi connectivity index (χ1) is 27.5. The number of rotatable bonds is 8. The molecule has 0 saturated carbocycles. The zero-order valence-corrected chi connectivity index (χ0v) is 32.5. The minimum atomic E-state index is 0. The topological polar surface area (TPSA) is 86.4 Å². The van der Waals surface area contributed by atoms with Gasteiger partial charge in [-0.2, -0.15) is 0 Å². The highest BCUT2D eigenvalue weighted by Gasteiger charge is 2.27. The highest BCUT2D eigenvalue weighted by atomic mass is 35.5. The SMILES string of the molecule is COc1ccc(C2=C3C=CC(=N3)C(c3ccc(OC)cc3)=C3C=CC(=N3)C(c3ccc(OC)cc3)=C3C=CC(=N3)C(c3ccc(OC)cc3)=C3C=CC2=N3)cc1.Cl. The third-order valence-corrected chi connectivity index (χ3v) is 10.1. The van der Waals surface area contributed by atoms with Crippen LogP contribution in [0.4, 0.5) is 0 Å². The van der Waals surface area contributed by atoms with Gasteiger partial charge in [0.05, 0.1) is 74.1 Å². The summed E-state index contributed by atoms with van der Waals surface area (Å²) in [6.07, 6.45) is 16.5. The molecule has 57 heavy (non-hydrogen) atoms. The number of ether oxygens (including phenoxy) is 4. The van der Waals surface area contributed by atoms with Gasteiger partial charge >= 0.3 is 0 Å². The molecule has 0 fully saturated rings. The number of allylic oxidation sites excluding steroid dienone is 12.